The molecule has 0 spiro atoms. The molecular weight excluding hydrogens is 254 g/mol. The molecule has 0 radical (unpaired) electrons. The van der Waals surface area contributed by atoms with E-state index in [4.69, 9.17) is 9.15 Å². The number of benzene rings is 1. The fraction of sp³-hybridized carbons (Fsp3) is 0.312. The molecule has 0 N–H and O–H groups in total. The van der Waals surface area contributed by atoms with Crippen LogP contribution in [0.1, 0.15) is 22.7 Å². The molecule has 0 aliphatic carbocycles. The van der Waals surface area contributed by atoms with Gasteiger partial charge in [-0.1, -0.05) is 18.2 Å². The van der Waals surface area contributed by atoms with Gasteiger partial charge in [-0.2, -0.15) is 0 Å². The maximum absolute atomic E-state index is 12.7. The summed E-state index contributed by atoms with van der Waals surface area (Å²) >= 11 is 0. The first kappa shape index (κ1) is 12.9. The monoisotopic (exact) mass is 271 g/mol. The third kappa shape index (κ3) is 2.47. The molecule has 1 fully saturated rings. The lowest BCUT2D eigenvalue weighted by molar-refractivity contribution is 0.0943. The van der Waals surface area contributed by atoms with E-state index in [9.17, 15) is 4.79 Å². The zero-order chi connectivity index (χ0) is 13.9. The van der Waals surface area contributed by atoms with Gasteiger partial charge in [0, 0.05) is 12.3 Å². The lowest BCUT2D eigenvalue weighted by Gasteiger charge is -2.27. The summed E-state index contributed by atoms with van der Waals surface area (Å²) < 4.78 is 10.9. The smallest absolute Gasteiger partial charge is 0.294 e. The summed E-state index contributed by atoms with van der Waals surface area (Å²) in [7, 11) is 0. The largest absolute Gasteiger partial charge is 0.456 e. The Morgan fingerprint density at radius 3 is 2.60 bits per heavy atom. The van der Waals surface area contributed by atoms with E-state index in [-0.39, 0.29) is 11.9 Å². The van der Waals surface area contributed by atoms with Gasteiger partial charge >= 0.3 is 0 Å². The Bertz CT molecular complexity index is 585. The van der Waals surface area contributed by atoms with Crippen LogP contribution < -0.4 is 4.90 Å². The average Bonchev–Trinajstić information content (AvgIpc) is 3.12. The minimum atomic E-state index is -0.111. The molecule has 2 heterocycles. The molecule has 1 amide bonds. The molecule has 20 heavy (non-hydrogen) atoms. The Kier molecular flexibility index (Phi) is 3.56. The molecule has 1 aromatic carbocycles. The van der Waals surface area contributed by atoms with Gasteiger partial charge in [0.05, 0.1) is 12.6 Å². The van der Waals surface area contributed by atoms with Crippen molar-refractivity contribution in [3.8, 4) is 0 Å². The summed E-state index contributed by atoms with van der Waals surface area (Å²) in [4.78, 5) is 14.5. The number of amides is 1. The van der Waals surface area contributed by atoms with Crippen LogP contribution in [0.15, 0.2) is 46.9 Å². The van der Waals surface area contributed by atoms with Crippen LogP contribution in [0.2, 0.25) is 0 Å². The van der Waals surface area contributed by atoms with Gasteiger partial charge in [0.25, 0.3) is 5.91 Å². The number of ether oxygens (including phenoxy) is 1. The first-order valence-corrected chi connectivity index (χ1v) is 6.78. The molecule has 4 nitrogen and oxygen atoms in total. The van der Waals surface area contributed by atoms with Gasteiger partial charge in [0.1, 0.15) is 5.76 Å². The topological polar surface area (TPSA) is 42.7 Å². The highest BCUT2D eigenvalue weighted by Gasteiger charge is 2.30. The quantitative estimate of drug-likeness (QED) is 0.861. The van der Waals surface area contributed by atoms with Crippen molar-refractivity contribution in [2.24, 2.45) is 0 Å². The summed E-state index contributed by atoms with van der Waals surface area (Å²) in [5.74, 6) is 1.00. The first-order chi connectivity index (χ1) is 9.75. The number of anilines is 1. The zero-order valence-corrected chi connectivity index (χ0v) is 11.4. The van der Waals surface area contributed by atoms with Crippen LogP contribution in [0, 0.1) is 6.92 Å². The summed E-state index contributed by atoms with van der Waals surface area (Å²) in [5, 5.41) is 0. The third-order valence-corrected chi connectivity index (χ3v) is 3.48. The van der Waals surface area contributed by atoms with Crippen molar-refractivity contribution in [2.75, 3.05) is 18.1 Å². The molecule has 4 heteroatoms. The molecule has 1 aliphatic rings. The Morgan fingerprint density at radius 2 is 2.00 bits per heavy atom. The molecule has 0 bridgehead atoms. The minimum absolute atomic E-state index is 0.0651. The Morgan fingerprint density at radius 1 is 1.20 bits per heavy atom. The van der Waals surface area contributed by atoms with Gasteiger partial charge < -0.3 is 14.1 Å². The van der Waals surface area contributed by atoms with E-state index in [1.54, 1.807) is 11.0 Å². The van der Waals surface area contributed by atoms with Crippen LogP contribution in [0.25, 0.3) is 0 Å². The van der Waals surface area contributed by atoms with Gasteiger partial charge in [-0.15, -0.1) is 0 Å². The first-order valence-electron chi connectivity index (χ1n) is 6.78. The number of hydrogen-bond acceptors (Lipinski definition) is 3. The van der Waals surface area contributed by atoms with Crippen LogP contribution in [0.3, 0.4) is 0 Å². The summed E-state index contributed by atoms with van der Waals surface area (Å²) in [6.07, 6.45) is 0.848. The van der Waals surface area contributed by atoms with E-state index < -0.39 is 0 Å². The lowest BCUT2D eigenvalue weighted by atomic mass is 10.1. The third-order valence-electron chi connectivity index (χ3n) is 3.48. The van der Waals surface area contributed by atoms with E-state index in [1.165, 1.54) is 0 Å². The van der Waals surface area contributed by atoms with Gasteiger partial charge in [-0.05, 0) is 37.6 Å². The van der Waals surface area contributed by atoms with Crippen LogP contribution >= 0.6 is 0 Å². The highest BCUT2D eigenvalue weighted by atomic mass is 16.5. The van der Waals surface area contributed by atoms with Crippen molar-refractivity contribution in [1.29, 1.82) is 0 Å². The van der Waals surface area contributed by atoms with Crippen molar-refractivity contribution in [1.82, 2.24) is 0 Å². The molecular formula is C16H17NO3. The maximum Gasteiger partial charge on any atom is 0.294 e. The standard InChI is InChI=1S/C16H17NO3/c1-12-7-8-15(20-12)16(18)17(14-9-10-19-11-14)13-5-3-2-4-6-13/h2-8,14H,9-11H2,1H3/t14-/m0/s1. The predicted molar refractivity (Wildman–Crippen MR) is 75.9 cm³/mol. The summed E-state index contributed by atoms with van der Waals surface area (Å²) in [5.41, 5.74) is 0.877. The zero-order valence-electron chi connectivity index (χ0n) is 11.4. The van der Waals surface area contributed by atoms with Crippen molar-refractivity contribution in [3.05, 3.63) is 54.0 Å². The number of rotatable bonds is 3. The number of carbonyl (C=O) groups is 1. The molecule has 1 aliphatic heterocycles. The SMILES string of the molecule is Cc1ccc(C(=O)N(c2ccccc2)[C@H]2CCOC2)o1. The molecule has 104 valence electrons. The van der Waals surface area contributed by atoms with E-state index in [2.05, 4.69) is 0 Å². The molecule has 1 atom stereocenters. The number of nitrogens with zero attached hydrogens (tertiary/aromatic N) is 1. The Labute approximate surface area is 118 Å². The number of para-hydroxylation sites is 1. The predicted octanol–water partition coefficient (Wildman–Crippen LogP) is 3.02. The second-order valence-corrected chi connectivity index (χ2v) is 4.94. The van der Waals surface area contributed by atoms with Crippen molar-refractivity contribution in [2.45, 2.75) is 19.4 Å². The van der Waals surface area contributed by atoms with Gasteiger partial charge in [-0.25, -0.2) is 0 Å². The van der Waals surface area contributed by atoms with Gasteiger partial charge in [0.15, 0.2) is 5.76 Å². The van der Waals surface area contributed by atoms with E-state index in [0.717, 1.165) is 17.9 Å². The number of aryl methyl sites for hydroxylation is 1. The Balaban J connectivity index is 1.95. The maximum atomic E-state index is 12.7. The summed E-state index contributed by atoms with van der Waals surface area (Å²) in [6, 6.07) is 13.3. The van der Waals surface area contributed by atoms with Crippen LogP contribution in [0.4, 0.5) is 5.69 Å². The van der Waals surface area contributed by atoms with Crippen molar-refractivity contribution >= 4 is 11.6 Å². The minimum Gasteiger partial charge on any atom is -0.456 e. The van der Waals surface area contributed by atoms with Gasteiger partial charge in [-0.3, -0.25) is 4.79 Å². The van der Waals surface area contributed by atoms with Gasteiger partial charge in [0.2, 0.25) is 0 Å². The second-order valence-electron chi connectivity index (χ2n) is 4.94. The highest BCUT2D eigenvalue weighted by Crippen LogP contribution is 2.24. The molecule has 3 rings (SSSR count). The molecule has 1 aromatic heterocycles. The van der Waals surface area contributed by atoms with E-state index in [0.29, 0.717) is 19.0 Å². The normalized spacial score (nSPS) is 18.1. The molecule has 0 saturated carbocycles. The van der Waals surface area contributed by atoms with E-state index >= 15 is 0 Å². The highest BCUT2D eigenvalue weighted by molar-refractivity contribution is 6.04. The summed E-state index contributed by atoms with van der Waals surface area (Å²) in [6.45, 7) is 3.10. The molecule has 0 unspecified atom stereocenters. The molecule has 1 saturated heterocycles. The van der Waals surface area contributed by atoms with Crippen molar-refractivity contribution in [3.63, 3.8) is 0 Å². The van der Waals surface area contributed by atoms with Crippen LogP contribution in [0.5, 0.6) is 0 Å². The second kappa shape index (κ2) is 5.51. The van der Waals surface area contributed by atoms with E-state index in [1.807, 2.05) is 43.3 Å². The fourth-order valence-electron chi connectivity index (χ4n) is 2.48. The Hall–Kier alpha value is -2.07. The lowest BCUT2D eigenvalue weighted by Crippen LogP contribution is -2.40. The van der Waals surface area contributed by atoms with Crippen molar-refractivity contribution < 1.29 is 13.9 Å². The average molecular weight is 271 g/mol. The fourth-order valence-corrected chi connectivity index (χ4v) is 2.48. The van der Waals surface area contributed by atoms with Crippen LogP contribution in [-0.2, 0) is 4.74 Å². The number of furan rings is 1. The number of hydrogen-bond donors (Lipinski definition) is 0. The molecule has 2 aromatic rings. The number of carbonyl (C=O) groups excluding carboxylic acids is 1. The van der Waals surface area contributed by atoms with Crippen LogP contribution in [-0.4, -0.2) is 25.2 Å².